The van der Waals surface area contributed by atoms with Crippen LogP contribution in [0.3, 0.4) is 0 Å². The highest BCUT2D eigenvalue weighted by Crippen LogP contribution is 2.18. The van der Waals surface area contributed by atoms with E-state index in [-0.39, 0.29) is 6.04 Å². The molecule has 0 spiro atoms. The lowest BCUT2D eigenvalue weighted by atomic mass is 10.1. The fourth-order valence-electron chi connectivity index (χ4n) is 2.84. The second-order valence-corrected chi connectivity index (χ2v) is 7.62. The summed E-state index contributed by atoms with van der Waals surface area (Å²) in [5.41, 5.74) is 1.82. The molecule has 0 amide bonds. The maximum absolute atomic E-state index is 5.75. The SMILES string of the molecule is CN=C(NCCc1noc(-c2ccccn2)n1)NC(C)c1ccc(OCC(C)C)cc1. The average molecular weight is 423 g/mol. The molecule has 0 radical (unpaired) electrons. The van der Waals surface area contributed by atoms with Gasteiger partial charge in [-0.25, -0.2) is 0 Å². The first-order valence-corrected chi connectivity index (χ1v) is 10.5. The van der Waals surface area contributed by atoms with Crippen molar-refractivity contribution in [1.29, 1.82) is 0 Å². The van der Waals surface area contributed by atoms with Gasteiger partial charge in [-0.1, -0.05) is 37.2 Å². The van der Waals surface area contributed by atoms with Crippen LogP contribution in [-0.2, 0) is 6.42 Å². The zero-order valence-corrected chi connectivity index (χ0v) is 18.5. The molecule has 0 fully saturated rings. The van der Waals surface area contributed by atoms with Gasteiger partial charge in [0.2, 0.25) is 0 Å². The van der Waals surface area contributed by atoms with Crippen molar-refractivity contribution in [2.24, 2.45) is 10.9 Å². The fourth-order valence-corrected chi connectivity index (χ4v) is 2.84. The zero-order valence-electron chi connectivity index (χ0n) is 18.5. The third-order valence-electron chi connectivity index (χ3n) is 4.53. The lowest BCUT2D eigenvalue weighted by molar-refractivity contribution is 0.271. The summed E-state index contributed by atoms with van der Waals surface area (Å²) in [6.07, 6.45) is 2.30. The normalized spacial score (nSPS) is 12.6. The number of ether oxygens (including phenoxy) is 1. The van der Waals surface area contributed by atoms with Crippen LogP contribution in [0.25, 0.3) is 11.6 Å². The van der Waals surface area contributed by atoms with Crippen molar-refractivity contribution in [3.8, 4) is 17.3 Å². The zero-order chi connectivity index (χ0) is 22.1. The molecule has 3 rings (SSSR count). The molecule has 0 saturated carbocycles. The molecular weight excluding hydrogens is 392 g/mol. The summed E-state index contributed by atoms with van der Waals surface area (Å²) in [6, 6.07) is 13.8. The number of hydrogen-bond donors (Lipinski definition) is 2. The quantitative estimate of drug-likeness (QED) is 0.401. The molecule has 2 aromatic heterocycles. The average Bonchev–Trinajstić information content (AvgIpc) is 3.27. The number of hydrogen-bond acceptors (Lipinski definition) is 6. The maximum Gasteiger partial charge on any atom is 0.276 e. The maximum atomic E-state index is 5.75. The summed E-state index contributed by atoms with van der Waals surface area (Å²) < 4.78 is 11.0. The number of aromatic nitrogens is 3. The number of nitrogens with one attached hydrogen (secondary N) is 2. The van der Waals surface area contributed by atoms with E-state index in [2.05, 4.69) is 63.7 Å². The van der Waals surface area contributed by atoms with Crippen molar-refractivity contribution in [2.45, 2.75) is 33.2 Å². The van der Waals surface area contributed by atoms with Crippen LogP contribution in [0.2, 0.25) is 0 Å². The molecule has 0 saturated heterocycles. The van der Waals surface area contributed by atoms with Crippen LogP contribution in [0.1, 0.15) is 38.2 Å². The predicted octanol–water partition coefficient (Wildman–Crippen LogP) is 3.64. The molecular formula is C23H30N6O2. The van der Waals surface area contributed by atoms with Gasteiger partial charge in [-0.05, 0) is 42.7 Å². The fraction of sp³-hybridized carbons (Fsp3) is 0.391. The molecule has 0 aliphatic rings. The van der Waals surface area contributed by atoms with Crippen LogP contribution < -0.4 is 15.4 Å². The number of aliphatic imine (C=N–C) groups is 1. The van der Waals surface area contributed by atoms with Gasteiger partial charge in [0.15, 0.2) is 11.8 Å². The highest BCUT2D eigenvalue weighted by Gasteiger charge is 2.11. The molecule has 1 aromatic carbocycles. The van der Waals surface area contributed by atoms with Crippen molar-refractivity contribution in [3.63, 3.8) is 0 Å². The van der Waals surface area contributed by atoms with E-state index < -0.39 is 0 Å². The first-order chi connectivity index (χ1) is 15.0. The molecule has 8 nitrogen and oxygen atoms in total. The summed E-state index contributed by atoms with van der Waals surface area (Å²) in [7, 11) is 1.75. The molecule has 2 N–H and O–H groups in total. The van der Waals surface area contributed by atoms with Gasteiger partial charge in [0.1, 0.15) is 11.4 Å². The Morgan fingerprint density at radius 2 is 1.94 bits per heavy atom. The minimum absolute atomic E-state index is 0.0891. The largest absolute Gasteiger partial charge is 0.493 e. The van der Waals surface area contributed by atoms with E-state index in [9.17, 15) is 0 Å². The first-order valence-electron chi connectivity index (χ1n) is 10.5. The van der Waals surface area contributed by atoms with Crippen LogP contribution in [-0.4, -0.2) is 41.3 Å². The molecule has 0 bridgehead atoms. The Hall–Kier alpha value is -3.42. The number of guanidine groups is 1. The molecule has 1 atom stereocenters. The number of nitrogens with zero attached hydrogens (tertiary/aromatic N) is 4. The molecule has 0 aliphatic carbocycles. The van der Waals surface area contributed by atoms with Crippen molar-refractivity contribution in [2.75, 3.05) is 20.2 Å². The highest BCUT2D eigenvalue weighted by molar-refractivity contribution is 5.80. The monoisotopic (exact) mass is 422 g/mol. The second kappa shape index (κ2) is 11.1. The summed E-state index contributed by atoms with van der Waals surface area (Å²) in [6.45, 7) is 7.70. The van der Waals surface area contributed by atoms with Gasteiger partial charge in [0, 0.05) is 26.2 Å². The van der Waals surface area contributed by atoms with E-state index in [0.717, 1.165) is 11.3 Å². The first kappa shape index (κ1) is 22.3. The Kier molecular flexibility index (Phi) is 7.98. The Bertz CT molecular complexity index is 954. The van der Waals surface area contributed by atoms with E-state index in [0.29, 0.717) is 48.9 Å². The van der Waals surface area contributed by atoms with E-state index in [4.69, 9.17) is 9.26 Å². The van der Waals surface area contributed by atoms with E-state index in [1.807, 2.05) is 30.3 Å². The number of rotatable bonds is 9. The molecule has 2 heterocycles. The summed E-state index contributed by atoms with van der Waals surface area (Å²) in [4.78, 5) is 12.9. The van der Waals surface area contributed by atoms with Crippen LogP contribution in [0.5, 0.6) is 5.75 Å². The Balaban J connectivity index is 1.46. The van der Waals surface area contributed by atoms with Gasteiger partial charge in [-0.15, -0.1) is 0 Å². The third kappa shape index (κ3) is 6.80. The van der Waals surface area contributed by atoms with Crippen molar-refractivity contribution >= 4 is 5.96 Å². The van der Waals surface area contributed by atoms with Crippen LogP contribution in [0.15, 0.2) is 58.2 Å². The molecule has 164 valence electrons. The Morgan fingerprint density at radius 1 is 1.13 bits per heavy atom. The highest BCUT2D eigenvalue weighted by atomic mass is 16.5. The molecule has 1 unspecified atom stereocenters. The van der Waals surface area contributed by atoms with Crippen molar-refractivity contribution in [1.82, 2.24) is 25.8 Å². The van der Waals surface area contributed by atoms with Gasteiger partial charge in [0.05, 0.1) is 12.6 Å². The van der Waals surface area contributed by atoms with E-state index in [1.165, 1.54) is 0 Å². The number of pyridine rings is 1. The standard InChI is InChI=1S/C23H30N6O2/c1-16(2)15-30-19-10-8-18(9-11-19)17(3)27-23(24-4)26-14-12-21-28-22(31-29-21)20-7-5-6-13-25-20/h5-11,13,16-17H,12,14-15H2,1-4H3,(H2,24,26,27). The smallest absolute Gasteiger partial charge is 0.276 e. The van der Waals surface area contributed by atoms with Crippen molar-refractivity contribution in [3.05, 3.63) is 60.0 Å². The van der Waals surface area contributed by atoms with Gasteiger partial charge in [-0.3, -0.25) is 9.98 Å². The molecule has 3 aromatic rings. The van der Waals surface area contributed by atoms with Gasteiger partial charge < -0.3 is 19.9 Å². The summed E-state index contributed by atoms with van der Waals surface area (Å²) in [5.74, 6) is 3.14. The predicted molar refractivity (Wildman–Crippen MR) is 121 cm³/mol. The Labute approximate surface area is 183 Å². The molecule has 8 heteroatoms. The lowest BCUT2D eigenvalue weighted by Crippen LogP contribution is -2.39. The lowest BCUT2D eigenvalue weighted by Gasteiger charge is -2.18. The van der Waals surface area contributed by atoms with Crippen molar-refractivity contribution < 1.29 is 9.26 Å². The summed E-state index contributed by atoms with van der Waals surface area (Å²) in [5, 5.41) is 10.7. The Morgan fingerprint density at radius 3 is 2.61 bits per heavy atom. The molecule has 31 heavy (non-hydrogen) atoms. The topological polar surface area (TPSA) is 97.5 Å². The van der Waals surface area contributed by atoms with Gasteiger partial charge in [0.25, 0.3) is 5.89 Å². The minimum atomic E-state index is 0.0891. The van der Waals surface area contributed by atoms with Gasteiger partial charge in [-0.2, -0.15) is 4.98 Å². The molecule has 0 aliphatic heterocycles. The van der Waals surface area contributed by atoms with Crippen LogP contribution >= 0.6 is 0 Å². The minimum Gasteiger partial charge on any atom is -0.493 e. The third-order valence-corrected chi connectivity index (χ3v) is 4.53. The second-order valence-electron chi connectivity index (χ2n) is 7.62. The summed E-state index contributed by atoms with van der Waals surface area (Å²) >= 11 is 0. The van der Waals surface area contributed by atoms with Crippen LogP contribution in [0.4, 0.5) is 0 Å². The van der Waals surface area contributed by atoms with E-state index in [1.54, 1.807) is 13.2 Å². The van der Waals surface area contributed by atoms with Crippen LogP contribution in [0, 0.1) is 5.92 Å². The van der Waals surface area contributed by atoms with E-state index >= 15 is 0 Å². The van der Waals surface area contributed by atoms with Gasteiger partial charge >= 0.3 is 0 Å². The number of benzene rings is 1.